The lowest BCUT2D eigenvalue weighted by molar-refractivity contribution is -0.183. The fourth-order valence-electron chi connectivity index (χ4n) is 1.68. The highest BCUT2D eigenvalue weighted by molar-refractivity contribution is 5.82. The van der Waals surface area contributed by atoms with Crippen molar-refractivity contribution in [1.29, 1.82) is 0 Å². The summed E-state index contributed by atoms with van der Waals surface area (Å²) in [5, 5.41) is 18.5. The van der Waals surface area contributed by atoms with Crippen LogP contribution < -0.4 is 0 Å². The first-order valence-electron chi connectivity index (χ1n) is 6.46. The van der Waals surface area contributed by atoms with E-state index in [1.165, 1.54) is 39.0 Å². The quantitative estimate of drug-likeness (QED) is 0.448. The van der Waals surface area contributed by atoms with Crippen molar-refractivity contribution in [3.63, 3.8) is 0 Å². The molecule has 0 aliphatic rings. The zero-order valence-electron chi connectivity index (χ0n) is 10.7. The van der Waals surface area contributed by atoms with Gasteiger partial charge in [-0.2, -0.15) is 0 Å². The van der Waals surface area contributed by atoms with Crippen LogP contribution in [0.4, 0.5) is 0 Å². The number of rotatable bonds is 10. The van der Waals surface area contributed by atoms with Gasteiger partial charge < -0.3 is 10.2 Å². The van der Waals surface area contributed by atoms with Gasteiger partial charge in [-0.15, -0.1) is 0 Å². The van der Waals surface area contributed by atoms with Gasteiger partial charge in [0.1, 0.15) is 0 Å². The minimum absolute atomic E-state index is 0.164. The molecule has 0 atom stereocenters. The number of Topliss-reactive ketones (excluding diaryl/α,β-unsaturated/α-hetero) is 1. The van der Waals surface area contributed by atoms with E-state index in [0.29, 0.717) is 6.42 Å². The van der Waals surface area contributed by atoms with Gasteiger partial charge in [0.25, 0.3) is 0 Å². The van der Waals surface area contributed by atoms with E-state index in [2.05, 4.69) is 6.92 Å². The number of hydrogen-bond acceptors (Lipinski definition) is 3. The third kappa shape index (κ3) is 7.83. The maximum Gasteiger partial charge on any atom is 0.223 e. The van der Waals surface area contributed by atoms with E-state index in [1.54, 1.807) is 0 Å². The van der Waals surface area contributed by atoms with Crippen LogP contribution in [0.5, 0.6) is 0 Å². The van der Waals surface area contributed by atoms with Crippen LogP contribution >= 0.6 is 0 Å². The Morgan fingerprint density at radius 2 is 1.38 bits per heavy atom. The van der Waals surface area contributed by atoms with Gasteiger partial charge in [0.15, 0.2) is 5.78 Å². The SMILES string of the molecule is CCCCCCCCCCC(O)(O)C(C)=O. The average molecular weight is 230 g/mol. The van der Waals surface area contributed by atoms with Gasteiger partial charge in [-0.05, 0) is 6.42 Å². The number of hydrogen-bond donors (Lipinski definition) is 2. The Kier molecular flexibility index (Phi) is 8.49. The molecular formula is C13H26O3. The van der Waals surface area contributed by atoms with E-state index in [-0.39, 0.29) is 6.42 Å². The molecule has 16 heavy (non-hydrogen) atoms. The Bertz CT molecular complexity index is 188. The minimum Gasteiger partial charge on any atom is -0.360 e. The van der Waals surface area contributed by atoms with Crippen LogP contribution in [-0.2, 0) is 4.79 Å². The number of carbonyl (C=O) groups is 1. The maximum atomic E-state index is 10.8. The molecule has 3 heteroatoms. The highest BCUT2D eigenvalue weighted by Crippen LogP contribution is 2.15. The van der Waals surface area contributed by atoms with E-state index in [4.69, 9.17) is 0 Å². The molecule has 0 saturated carbocycles. The Morgan fingerprint density at radius 3 is 1.81 bits per heavy atom. The second-order valence-electron chi connectivity index (χ2n) is 4.60. The molecule has 0 aromatic heterocycles. The fourth-order valence-corrected chi connectivity index (χ4v) is 1.68. The molecular weight excluding hydrogens is 204 g/mol. The number of ketones is 1. The first-order valence-corrected chi connectivity index (χ1v) is 6.46. The summed E-state index contributed by atoms with van der Waals surface area (Å²) in [6.07, 6.45) is 9.32. The molecule has 0 rings (SSSR count). The van der Waals surface area contributed by atoms with Crippen LogP contribution in [0.25, 0.3) is 0 Å². The summed E-state index contributed by atoms with van der Waals surface area (Å²) in [4.78, 5) is 10.8. The molecule has 2 N–H and O–H groups in total. The molecule has 0 spiro atoms. The zero-order valence-corrected chi connectivity index (χ0v) is 10.7. The number of carbonyl (C=O) groups excluding carboxylic acids is 1. The van der Waals surface area contributed by atoms with Crippen LogP contribution in [0.1, 0.15) is 71.6 Å². The molecule has 0 bridgehead atoms. The molecule has 0 fully saturated rings. The van der Waals surface area contributed by atoms with Crippen molar-refractivity contribution < 1.29 is 15.0 Å². The van der Waals surface area contributed by atoms with Crippen LogP contribution in [0.15, 0.2) is 0 Å². The molecule has 3 nitrogen and oxygen atoms in total. The van der Waals surface area contributed by atoms with Crippen molar-refractivity contribution in [2.75, 3.05) is 0 Å². The molecule has 0 unspecified atom stereocenters. The summed E-state index contributed by atoms with van der Waals surface area (Å²) >= 11 is 0. The first kappa shape index (κ1) is 15.6. The van der Waals surface area contributed by atoms with Crippen LogP contribution in [0, 0.1) is 0 Å². The highest BCUT2D eigenvalue weighted by atomic mass is 16.5. The molecule has 0 amide bonds. The van der Waals surface area contributed by atoms with Gasteiger partial charge in [-0.25, -0.2) is 0 Å². The summed E-state index contributed by atoms with van der Waals surface area (Å²) in [6, 6.07) is 0. The molecule has 0 aliphatic carbocycles. The Balaban J connectivity index is 3.30. The Morgan fingerprint density at radius 1 is 0.938 bits per heavy atom. The van der Waals surface area contributed by atoms with Crippen LogP contribution in [-0.4, -0.2) is 21.8 Å². The number of aliphatic hydroxyl groups is 2. The monoisotopic (exact) mass is 230 g/mol. The molecule has 0 aromatic rings. The van der Waals surface area contributed by atoms with E-state index in [9.17, 15) is 15.0 Å². The van der Waals surface area contributed by atoms with Crippen molar-refractivity contribution in [1.82, 2.24) is 0 Å². The first-order chi connectivity index (χ1) is 7.50. The normalized spacial score (nSPS) is 11.8. The van der Waals surface area contributed by atoms with Gasteiger partial charge >= 0.3 is 0 Å². The molecule has 0 aliphatic heterocycles. The van der Waals surface area contributed by atoms with E-state index in [0.717, 1.165) is 12.8 Å². The summed E-state index contributed by atoms with van der Waals surface area (Å²) in [5.41, 5.74) is 0. The predicted octanol–water partition coefficient (Wildman–Crippen LogP) is 2.79. The van der Waals surface area contributed by atoms with E-state index in [1.807, 2.05) is 0 Å². The van der Waals surface area contributed by atoms with Gasteiger partial charge in [-0.1, -0.05) is 51.9 Å². The predicted molar refractivity (Wildman–Crippen MR) is 65.1 cm³/mol. The third-order valence-corrected chi connectivity index (χ3v) is 2.94. The van der Waals surface area contributed by atoms with Crippen LogP contribution in [0.3, 0.4) is 0 Å². The molecule has 0 saturated heterocycles. The fraction of sp³-hybridized carbons (Fsp3) is 0.923. The average Bonchev–Trinajstić information content (AvgIpc) is 2.21. The minimum atomic E-state index is -2.10. The molecule has 0 radical (unpaired) electrons. The van der Waals surface area contributed by atoms with Gasteiger partial charge in [0, 0.05) is 13.3 Å². The second kappa shape index (κ2) is 8.71. The summed E-state index contributed by atoms with van der Waals surface area (Å²) < 4.78 is 0. The lowest BCUT2D eigenvalue weighted by Gasteiger charge is -2.17. The van der Waals surface area contributed by atoms with Gasteiger partial charge in [0.05, 0.1) is 0 Å². The third-order valence-electron chi connectivity index (χ3n) is 2.94. The summed E-state index contributed by atoms with van der Waals surface area (Å²) in [7, 11) is 0. The molecule has 0 heterocycles. The van der Waals surface area contributed by atoms with Crippen molar-refractivity contribution in [3.8, 4) is 0 Å². The topological polar surface area (TPSA) is 57.5 Å². The zero-order chi connectivity index (χ0) is 12.4. The summed E-state index contributed by atoms with van der Waals surface area (Å²) in [5.74, 6) is -2.65. The molecule has 0 aromatic carbocycles. The highest BCUT2D eigenvalue weighted by Gasteiger charge is 2.27. The van der Waals surface area contributed by atoms with Crippen molar-refractivity contribution in [2.45, 2.75) is 77.4 Å². The van der Waals surface area contributed by atoms with E-state index >= 15 is 0 Å². The summed E-state index contributed by atoms with van der Waals surface area (Å²) in [6.45, 7) is 3.41. The number of unbranched alkanes of at least 4 members (excludes halogenated alkanes) is 7. The second-order valence-corrected chi connectivity index (χ2v) is 4.60. The van der Waals surface area contributed by atoms with Gasteiger partial charge in [-0.3, -0.25) is 4.79 Å². The maximum absolute atomic E-state index is 10.8. The largest absolute Gasteiger partial charge is 0.360 e. The smallest absolute Gasteiger partial charge is 0.223 e. The van der Waals surface area contributed by atoms with E-state index < -0.39 is 11.6 Å². The Labute approximate surface area is 98.9 Å². The molecule has 96 valence electrons. The van der Waals surface area contributed by atoms with Crippen molar-refractivity contribution in [3.05, 3.63) is 0 Å². The van der Waals surface area contributed by atoms with Crippen molar-refractivity contribution >= 4 is 5.78 Å². The lowest BCUT2D eigenvalue weighted by Crippen LogP contribution is -2.36. The Hall–Kier alpha value is -0.410. The van der Waals surface area contributed by atoms with Crippen molar-refractivity contribution in [2.24, 2.45) is 0 Å². The van der Waals surface area contributed by atoms with Crippen LogP contribution in [0.2, 0.25) is 0 Å². The van der Waals surface area contributed by atoms with Gasteiger partial charge in [0.2, 0.25) is 5.79 Å². The standard InChI is InChI=1S/C13H26O3/c1-3-4-5-6-7-8-9-10-11-13(15,16)12(2)14/h15-16H,3-11H2,1-2H3. The lowest BCUT2D eigenvalue weighted by atomic mass is 10.0.